The van der Waals surface area contributed by atoms with E-state index in [-0.39, 0.29) is 47.9 Å². The number of benzene rings is 2. The fraction of sp³-hybridized carbons (Fsp3) is 0.652. The minimum Gasteiger partial charge on any atom is -0.508 e. The molecule has 59 heavy (non-hydrogen) atoms. The topological polar surface area (TPSA) is 118 Å². The maximum atomic E-state index is 17.3. The molecule has 13 heteroatoms. The van der Waals surface area contributed by atoms with Crippen molar-refractivity contribution >= 4 is 28.8 Å². The first kappa shape index (κ1) is 41.5. The molecule has 3 aromatic rings. The molecule has 1 aromatic heterocycles. The van der Waals surface area contributed by atoms with Crippen molar-refractivity contribution in [2.24, 2.45) is 0 Å². The van der Waals surface area contributed by atoms with Crippen molar-refractivity contribution in [1.29, 1.82) is 0 Å². The number of carbonyl (C=O) groups is 2. The number of fused-ring (bicyclic) bond motifs is 5. The third kappa shape index (κ3) is 8.68. The molecule has 5 heterocycles. The molecule has 3 unspecified atom stereocenters. The van der Waals surface area contributed by atoms with Crippen LogP contribution in [0.15, 0.2) is 24.3 Å². The number of aromatic nitrogens is 2. The SMILES string of the molecule is CCCCCCCCCC(=O)OCOC(=O)N1C2CCC1CN(c1nc(OC[C@@]34CCCN3C[C@H](F)C4)nc3c(F)c(-c4cc(O)cc5c4C(CC)CCC5)ccc13)C2. The van der Waals surface area contributed by atoms with Crippen molar-refractivity contribution in [3.8, 4) is 22.9 Å². The summed E-state index contributed by atoms with van der Waals surface area (Å²) < 4.78 is 49.1. The average Bonchev–Trinajstić information content (AvgIpc) is 3.85. The molecule has 5 atom stereocenters. The number of unbranched alkanes of at least 4 members (excludes halogenated alkanes) is 6. The van der Waals surface area contributed by atoms with Gasteiger partial charge in [0.15, 0.2) is 5.82 Å². The van der Waals surface area contributed by atoms with E-state index in [0.717, 1.165) is 88.3 Å². The maximum absolute atomic E-state index is 17.3. The van der Waals surface area contributed by atoms with Crippen molar-refractivity contribution in [3.63, 3.8) is 0 Å². The number of aromatic hydroxyl groups is 1. The highest BCUT2D eigenvalue weighted by Gasteiger charge is 2.50. The van der Waals surface area contributed by atoms with Gasteiger partial charge in [-0.1, -0.05) is 58.4 Å². The van der Waals surface area contributed by atoms with Gasteiger partial charge < -0.3 is 24.2 Å². The van der Waals surface area contributed by atoms with E-state index in [1.807, 2.05) is 12.1 Å². The van der Waals surface area contributed by atoms with Crippen LogP contribution in [0.5, 0.6) is 11.8 Å². The molecule has 4 fully saturated rings. The maximum Gasteiger partial charge on any atom is 0.413 e. The Morgan fingerprint density at radius 1 is 0.932 bits per heavy atom. The summed E-state index contributed by atoms with van der Waals surface area (Å²) in [4.78, 5) is 41.4. The van der Waals surface area contributed by atoms with E-state index in [9.17, 15) is 19.1 Å². The highest BCUT2D eigenvalue weighted by atomic mass is 19.1. The number of phenols is 1. The Bertz CT molecular complexity index is 1990. The van der Waals surface area contributed by atoms with Gasteiger partial charge in [-0.3, -0.25) is 14.6 Å². The van der Waals surface area contributed by atoms with E-state index in [4.69, 9.17) is 24.2 Å². The molecular formula is C46H61F2N5O6. The summed E-state index contributed by atoms with van der Waals surface area (Å²) in [6, 6.07) is 6.76. The summed E-state index contributed by atoms with van der Waals surface area (Å²) in [7, 11) is 0. The smallest absolute Gasteiger partial charge is 0.413 e. The summed E-state index contributed by atoms with van der Waals surface area (Å²) in [5, 5.41) is 11.3. The highest BCUT2D eigenvalue weighted by Crippen LogP contribution is 2.45. The van der Waals surface area contributed by atoms with Gasteiger partial charge in [0.05, 0.1) is 17.6 Å². The molecule has 0 spiro atoms. The molecule has 2 aromatic carbocycles. The van der Waals surface area contributed by atoms with Crippen LogP contribution >= 0.6 is 0 Å². The first-order valence-electron chi connectivity index (χ1n) is 22.4. The number of phenolic OH excluding ortho intramolecular Hbond substituents is 1. The predicted octanol–water partition coefficient (Wildman–Crippen LogP) is 9.36. The predicted molar refractivity (Wildman–Crippen MR) is 222 cm³/mol. The molecule has 0 saturated carbocycles. The fourth-order valence-electron chi connectivity index (χ4n) is 10.9. The first-order valence-corrected chi connectivity index (χ1v) is 22.4. The summed E-state index contributed by atoms with van der Waals surface area (Å²) in [5.41, 5.74) is 2.87. The summed E-state index contributed by atoms with van der Waals surface area (Å²) >= 11 is 0. The minimum atomic E-state index is -0.924. The second-order valence-electron chi connectivity index (χ2n) is 17.7. The van der Waals surface area contributed by atoms with Crippen molar-refractivity contribution < 1.29 is 37.7 Å². The molecular weight excluding hydrogens is 757 g/mol. The zero-order valence-electron chi connectivity index (χ0n) is 34.9. The summed E-state index contributed by atoms with van der Waals surface area (Å²) in [5.74, 6) is -0.000922. The lowest BCUT2D eigenvalue weighted by Gasteiger charge is -2.41. The number of esters is 1. The standard InChI is InChI=1S/C46H61F2N5O6/c1-3-5-6-7-8-9-10-15-39(55)58-29-59-45(56)53-33-16-17-34(53)27-51(26-33)43-37-19-18-36(38-23-35(54)22-31-14-11-13-30(4-2)40(31)38)41(48)42(37)49-44(50-43)57-28-46-20-12-21-52(46)25-32(47)24-46/h18-19,22-23,30,32-34,54H,3-17,20-21,24-29H2,1-2H3/t30?,32-,33?,34?,46+/m1/s1. The Hall–Kier alpha value is -4.26. The Labute approximate surface area is 346 Å². The van der Waals surface area contributed by atoms with Crippen LogP contribution in [-0.2, 0) is 20.7 Å². The average molecular weight is 818 g/mol. The number of carbonyl (C=O) groups excluding carboxylic acids is 2. The summed E-state index contributed by atoms with van der Waals surface area (Å²) in [6.45, 7) is 6.18. The molecule has 8 rings (SSSR count). The molecule has 0 radical (unpaired) electrons. The lowest BCUT2D eigenvalue weighted by atomic mass is 9.77. The van der Waals surface area contributed by atoms with Crippen LogP contribution < -0.4 is 9.64 Å². The van der Waals surface area contributed by atoms with E-state index in [1.165, 1.54) is 25.7 Å². The van der Waals surface area contributed by atoms with Crippen molar-refractivity contribution in [2.45, 2.75) is 153 Å². The molecule has 2 bridgehead atoms. The third-order valence-corrected chi connectivity index (χ3v) is 13.8. The molecule has 4 saturated heterocycles. The number of rotatable bonds is 16. The first-order chi connectivity index (χ1) is 28.7. The quantitative estimate of drug-likeness (QED) is 0.0852. The Kier molecular flexibility index (Phi) is 12.8. The number of nitrogens with zero attached hydrogens (tertiary/aromatic N) is 5. The normalized spacial score (nSPS) is 25.0. The number of aryl methyl sites for hydroxylation is 1. The van der Waals surface area contributed by atoms with Gasteiger partial charge in [0.2, 0.25) is 6.79 Å². The molecule has 1 N–H and O–H groups in total. The number of hydrogen-bond donors (Lipinski definition) is 1. The van der Waals surface area contributed by atoms with Crippen LogP contribution in [0.25, 0.3) is 22.0 Å². The van der Waals surface area contributed by atoms with Gasteiger partial charge in [-0.15, -0.1) is 0 Å². The van der Waals surface area contributed by atoms with Gasteiger partial charge in [0.25, 0.3) is 0 Å². The van der Waals surface area contributed by atoms with E-state index >= 15 is 4.39 Å². The number of amides is 1. The Balaban J connectivity index is 1.02. The van der Waals surface area contributed by atoms with Crippen LogP contribution in [0, 0.1) is 5.82 Å². The molecule has 11 nitrogen and oxygen atoms in total. The molecule has 320 valence electrons. The van der Waals surface area contributed by atoms with Gasteiger partial charge in [-0.2, -0.15) is 9.97 Å². The van der Waals surface area contributed by atoms with Crippen LogP contribution in [0.2, 0.25) is 0 Å². The van der Waals surface area contributed by atoms with Gasteiger partial charge >= 0.3 is 18.1 Å². The molecule has 1 amide bonds. The lowest BCUT2D eigenvalue weighted by Crippen LogP contribution is -2.56. The third-order valence-electron chi connectivity index (χ3n) is 13.8. The lowest BCUT2D eigenvalue weighted by molar-refractivity contribution is -0.152. The van der Waals surface area contributed by atoms with Crippen LogP contribution in [0.1, 0.15) is 134 Å². The van der Waals surface area contributed by atoms with Crippen molar-refractivity contribution in [3.05, 3.63) is 41.2 Å². The highest BCUT2D eigenvalue weighted by molar-refractivity contribution is 5.94. The van der Waals surface area contributed by atoms with Gasteiger partial charge in [0, 0.05) is 43.4 Å². The fourth-order valence-corrected chi connectivity index (χ4v) is 10.9. The molecule has 1 aliphatic carbocycles. The molecule has 4 aliphatic heterocycles. The van der Waals surface area contributed by atoms with Crippen LogP contribution in [0.4, 0.5) is 19.4 Å². The number of halogens is 2. The zero-order chi connectivity index (χ0) is 41.1. The van der Waals surface area contributed by atoms with E-state index in [2.05, 4.69) is 23.6 Å². The summed E-state index contributed by atoms with van der Waals surface area (Å²) in [6.07, 6.45) is 14.0. The number of hydrogen-bond acceptors (Lipinski definition) is 10. The minimum absolute atomic E-state index is 0.0314. The second-order valence-corrected chi connectivity index (χ2v) is 17.7. The van der Waals surface area contributed by atoms with Crippen LogP contribution in [-0.4, -0.2) is 100 Å². The number of alkyl halides is 1. The largest absolute Gasteiger partial charge is 0.508 e. The van der Waals surface area contributed by atoms with E-state index in [1.54, 1.807) is 17.0 Å². The Morgan fingerprint density at radius 3 is 2.49 bits per heavy atom. The van der Waals surface area contributed by atoms with Gasteiger partial charge in [-0.05, 0) is 105 Å². The van der Waals surface area contributed by atoms with Gasteiger partial charge in [-0.25, -0.2) is 13.6 Å². The number of ether oxygens (including phenoxy) is 3. The zero-order valence-corrected chi connectivity index (χ0v) is 34.9. The second kappa shape index (κ2) is 18.2. The van der Waals surface area contributed by atoms with Crippen molar-refractivity contribution in [2.75, 3.05) is 44.5 Å². The monoisotopic (exact) mass is 817 g/mol. The van der Waals surface area contributed by atoms with E-state index in [0.29, 0.717) is 54.8 Å². The number of anilines is 1. The van der Waals surface area contributed by atoms with E-state index < -0.39 is 30.4 Å². The number of piperazine rings is 1. The van der Waals surface area contributed by atoms with Crippen LogP contribution in [0.3, 0.4) is 0 Å². The molecule has 5 aliphatic rings. The van der Waals surface area contributed by atoms with Gasteiger partial charge in [0.1, 0.15) is 29.9 Å². The Morgan fingerprint density at radius 2 is 1.71 bits per heavy atom. The van der Waals surface area contributed by atoms with Crippen molar-refractivity contribution in [1.82, 2.24) is 19.8 Å².